The van der Waals surface area contributed by atoms with E-state index in [9.17, 15) is 0 Å². The zero-order valence-corrected chi connectivity index (χ0v) is 14.8. The third-order valence-electron chi connectivity index (χ3n) is 3.16. The molecule has 2 aromatic carbocycles. The van der Waals surface area contributed by atoms with Crippen LogP contribution in [0.3, 0.4) is 0 Å². The summed E-state index contributed by atoms with van der Waals surface area (Å²) in [6.45, 7) is 1.87. The van der Waals surface area contributed by atoms with Crippen LogP contribution >= 0.6 is 50.7 Å². The Kier molecular flexibility index (Phi) is 4.19. The normalized spacial score (nSPS) is 12.8. The van der Waals surface area contributed by atoms with E-state index in [1.54, 1.807) is 12.1 Å². The van der Waals surface area contributed by atoms with Gasteiger partial charge < -0.3 is 0 Å². The number of imidazole rings is 1. The topological polar surface area (TPSA) is 17.8 Å². The average molecular weight is 405 g/mol. The van der Waals surface area contributed by atoms with Gasteiger partial charge in [0.1, 0.15) is 5.82 Å². The summed E-state index contributed by atoms with van der Waals surface area (Å²) in [6, 6.07) is 11.3. The van der Waals surface area contributed by atoms with E-state index in [0.29, 0.717) is 21.6 Å². The van der Waals surface area contributed by atoms with Gasteiger partial charge in [-0.05, 0) is 37.3 Å². The van der Waals surface area contributed by atoms with E-state index in [-0.39, 0.29) is 5.38 Å². The van der Waals surface area contributed by atoms with Gasteiger partial charge in [-0.2, -0.15) is 0 Å². The van der Waals surface area contributed by atoms with Crippen molar-refractivity contribution < 1.29 is 0 Å². The molecule has 0 saturated heterocycles. The summed E-state index contributed by atoms with van der Waals surface area (Å²) >= 11 is 22.4. The fraction of sp³-hybridized carbons (Fsp3) is 0.133. The number of aromatic nitrogens is 2. The molecule has 0 N–H and O–H groups in total. The highest BCUT2D eigenvalue weighted by molar-refractivity contribution is 9.10. The molecule has 0 aliphatic heterocycles. The number of fused-ring (bicyclic) bond motifs is 1. The first-order chi connectivity index (χ1) is 9.99. The highest BCUT2D eigenvalue weighted by atomic mass is 79.9. The lowest BCUT2D eigenvalue weighted by Crippen LogP contribution is -2.03. The van der Waals surface area contributed by atoms with Crippen LogP contribution in [0.15, 0.2) is 40.9 Å². The van der Waals surface area contributed by atoms with Gasteiger partial charge in [0.05, 0.1) is 32.1 Å². The first-order valence-corrected chi connectivity index (χ1v) is 8.24. The molecule has 2 nitrogen and oxygen atoms in total. The zero-order chi connectivity index (χ0) is 15.1. The lowest BCUT2D eigenvalue weighted by atomic mass is 10.2. The van der Waals surface area contributed by atoms with Gasteiger partial charge in [-0.25, -0.2) is 4.98 Å². The fourth-order valence-corrected chi connectivity index (χ4v) is 3.34. The number of benzene rings is 2. The number of rotatable bonds is 2. The predicted octanol–water partition coefficient (Wildman–Crippen LogP) is 6.39. The molecule has 0 bridgehead atoms. The second kappa shape index (κ2) is 5.81. The largest absolute Gasteiger partial charge is 0.292 e. The van der Waals surface area contributed by atoms with E-state index in [1.165, 1.54) is 0 Å². The van der Waals surface area contributed by atoms with Crippen molar-refractivity contribution in [2.24, 2.45) is 0 Å². The Labute approximate surface area is 145 Å². The summed E-state index contributed by atoms with van der Waals surface area (Å²) in [5, 5.41) is 0.843. The molecule has 0 spiro atoms. The van der Waals surface area contributed by atoms with Crippen LogP contribution < -0.4 is 0 Å². The Morgan fingerprint density at radius 1 is 1.14 bits per heavy atom. The van der Waals surface area contributed by atoms with E-state index in [2.05, 4.69) is 20.9 Å². The predicted molar refractivity (Wildman–Crippen MR) is 93.1 cm³/mol. The first-order valence-electron chi connectivity index (χ1n) is 6.25. The number of para-hydroxylation sites is 1. The van der Waals surface area contributed by atoms with Crippen LogP contribution in [0.4, 0.5) is 0 Å². The van der Waals surface area contributed by atoms with Crippen molar-refractivity contribution in [3.05, 3.63) is 56.7 Å². The van der Waals surface area contributed by atoms with Crippen molar-refractivity contribution in [1.82, 2.24) is 9.55 Å². The van der Waals surface area contributed by atoms with Crippen LogP contribution in [0.1, 0.15) is 18.1 Å². The molecule has 3 aromatic rings. The van der Waals surface area contributed by atoms with Gasteiger partial charge in [0.2, 0.25) is 0 Å². The van der Waals surface area contributed by atoms with Gasteiger partial charge >= 0.3 is 0 Å². The van der Waals surface area contributed by atoms with Crippen LogP contribution in [-0.4, -0.2) is 9.55 Å². The molecular formula is C15H10BrCl3N2. The molecule has 1 heterocycles. The Hall–Kier alpha value is -0.740. The molecule has 1 aromatic heterocycles. The van der Waals surface area contributed by atoms with E-state index >= 15 is 0 Å². The quantitative estimate of drug-likeness (QED) is 0.452. The minimum atomic E-state index is -0.275. The van der Waals surface area contributed by atoms with Gasteiger partial charge in [0.25, 0.3) is 0 Å². The maximum atomic E-state index is 6.34. The molecule has 6 heteroatoms. The summed E-state index contributed by atoms with van der Waals surface area (Å²) in [5.41, 5.74) is 2.45. The number of hydrogen-bond acceptors (Lipinski definition) is 1. The van der Waals surface area contributed by atoms with Crippen molar-refractivity contribution in [2.75, 3.05) is 0 Å². The SMILES string of the molecule is CC(Cl)c1nc2cc(Br)ccc2n1-c1c(Cl)cccc1Cl. The summed E-state index contributed by atoms with van der Waals surface area (Å²) in [5.74, 6) is 0.708. The van der Waals surface area contributed by atoms with Crippen LogP contribution in [0.2, 0.25) is 10.0 Å². The van der Waals surface area contributed by atoms with Crippen molar-refractivity contribution in [1.29, 1.82) is 0 Å². The van der Waals surface area contributed by atoms with Gasteiger partial charge in [-0.3, -0.25) is 4.57 Å². The van der Waals surface area contributed by atoms with Crippen LogP contribution in [0, 0.1) is 0 Å². The highest BCUT2D eigenvalue weighted by Gasteiger charge is 2.20. The first kappa shape index (κ1) is 15.2. The lowest BCUT2D eigenvalue weighted by Gasteiger charge is -2.13. The number of nitrogens with zero attached hydrogens (tertiary/aromatic N) is 2. The van der Waals surface area contributed by atoms with Gasteiger partial charge in [0, 0.05) is 4.47 Å². The van der Waals surface area contributed by atoms with Crippen LogP contribution in [0.25, 0.3) is 16.7 Å². The van der Waals surface area contributed by atoms with Crippen molar-refractivity contribution >= 4 is 61.8 Å². The Bertz CT molecular complexity index is 807. The second-order valence-electron chi connectivity index (χ2n) is 4.62. The molecule has 0 aliphatic rings. The Morgan fingerprint density at radius 3 is 2.43 bits per heavy atom. The molecule has 0 fully saturated rings. The van der Waals surface area contributed by atoms with Crippen LogP contribution in [0.5, 0.6) is 0 Å². The van der Waals surface area contributed by atoms with Crippen molar-refractivity contribution in [3.8, 4) is 5.69 Å². The molecule has 1 atom stereocenters. The second-order valence-corrected chi connectivity index (χ2v) is 7.01. The van der Waals surface area contributed by atoms with E-state index in [4.69, 9.17) is 34.8 Å². The fourth-order valence-electron chi connectivity index (χ4n) is 2.28. The monoisotopic (exact) mass is 402 g/mol. The third kappa shape index (κ3) is 2.68. The standard InChI is InChI=1S/C15H10BrCl3N2/c1-8(17)15-20-12-7-9(16)5-6-13(12)21(15)14-10(18)3-2-4-11(14)19/h2-8H,1H3. The molecular weight excluding hydrogens is 394 g/mol. The minimum Gasteiger partial charge on any atom is -0.292 e. The smallest absolute Gasteiger partial charge is 0.132 e. The molecule has 1 unspecified atom stereocenters. The van der Waals surface area contributed by atoms with E-state index in [1.807, 2.05) is 35.8 Å². The maximum Gasteiger partial charge on any atom is 0.132 e. The number of hydrogen-bond donors (Lipinski definition) is 0. The molecule has 0 aliphatic carbocycles. The van der Waals surface area contributed by atoms with Crippen molar-refractivity contribution in [3.63, 3.8) is 0 Å². The summed E-state index contributed by atoms with van der Waals surface area (Å²) < 4.78 is 2.88. The number of alkyl halides is 1. The lowest BCUT2D eigenvalue weighted by molar-refractivity contribution is 0.883. The third-order valence-corrected chi connectivity index (χ3v) is 4.46. The zero-order valence-electron chi connectivity index (χ0n) is 10.9. The van der Waals surface area contributed by atoms with Gasteiger partial charge in [-0.15, -0.1) is 11.6 Å². The molecule has 0 radical (unpaired) electrons. The molecule has 21 heavy (non-hydrogen) atoms. The molecule has 0 saturated carbocycles. The Morgan fingerprint density at radius 2 is 1.81 bits per heavy atom. The maximum absolute atomic E-state index is 6.34. The van der Waals surface area contributed by atoms with Gasteiger partial charge in [-0.1, -0.05) is 45.2 Å². The summed E-state index contributed by atoms with van der Waals surface area (Å²) in [4.78, 5) is 4.62. The summed E-state index contributed by atoms with van der Waals surface area (Å²) in [6.07, 6.45) is 0. The average Bonchev–Trinajstić information content (AvgIpc) is 2.77. The van der Waals surface area contributed by atoms with Crippen LogP contribution in [-0.2, 0) is 0 Å². The summed E-state index contributed by atoms with van der Waals surface area (Å²) in [7, 11) is 0. The minimum absolute atomic E-state index is 0.275. The Balaban J connectivity index is 2.42. The number of halogens is 4. The molecule has 0 amide bonds. The molecule has 108 valence electrons. The van der Waals surface area contributed by atoms with Crippen molar-refractivity contribution in [2.45, 2.75) is 12.3 Å². The molecule has 3 rings (SSSR count). The highest BCUT2D eigenvalue weighted by Crippen LogP contribution is 2.35. The van der Waals surface area contributed by atoms with Gasteiger partial charge in [0.15, 0.2) is 0 Å². The van der Waals surface area contributed by atoms with E-state index < -0.39 is 0 Å². The van der Waals surface area contributed by atoms with E-state index in [0.717, 1.165) is 15.5 Å².